The van der Waals surface area contributed by atoms with Gasteiger partial charge in [-0.05, 0) is 12.3 Å². The second-order valence-corrected chi connectivity index (χ2v) is 8.95. The number of aromatic nitrogens is 1. The standard InChI is InChI=1S/C25H39N3O5/c1-20(2)18-32-19-22(29)16-27(10-7-13-30-3)17-23-24(21-8-5-4-6-9-21)26-33-25(23)28-11-14-31-15-12-28/h4-6,8-9,20,22,29H,7,10-19H2,1-3H3/t22-/m1/s1. The Kier molecular flexibility index (Phi) is 10.6. The van der Waals surface area contributed by atoms with Gasteiger partial charge in [0.1, 0.15) is 5.69 Å². The molecule has 0 aliphatic carbocycles. The topological polar surface area (TPSA) is 80.4 Å². The van der Waals surface area contributed by atoms with Crippen LogP contribution in [0.3, 0.4) is 0 Å². The summed E-state index contributed by atoms with van der Waals surface area (Å²) in [6.45, 7) is 10.6. The molecular formula is C25H39N3O5. The number of morpholine rings is 1. The predicted molar refractivity (Wildman–Crippen MR) is 128 cm³/mol. The largest absolute Gasteiger partial charge is 0.389 e. The Labute approximate surface area is 197 Å². The molecule has 1 atom stereocenters. The number of methoxy groups -OCH3 is 1. The minimum Gasteiger partial charge on any atom is -0.389 e. The van der Waals surface area contributed by atoms with Gasteiger partial charge < -0.3 is 28.7 Å². The lowest BCUT2D eigenvalue weighted by Gasteiger charge is -2.29. The number of aliphatic hydroxyl groups excluding tert-OH is 1. The summed E-state index contributed by atoms with van der Waals surface area (Å²) in [6.07, 6.45) is 0.299. The molecule has 8 nitrogen and oxygen atoms in total. The summed E-state index contributed by atoms with van der Waals surface area (Å²) in [5.41, 5.74) is 2.91. The van der Waals surface area contributed by atoms with Crippen molar-refractivity contribution in [2.45, 2.75) is 32.9 Å². The Hall–Kier alpha value is -1.97. The smallest absolute Gasteiger partial charge is 0.232 e. The Morgan fingerprint density at radius 1 is 1.15 bits per heavy atom. The highest BCUT2D eigenvalue weighted by Gasteiger charge is 2.26. The van der Waals surface area contributed by atoms with Gasteiger partial charge >= 0.3 is 0 Å². The van der Waals surface area contributed by atoms with Gasteiger partial charge in [0, 0.05) is 58.6 Å². The van der Waals surface area contributed by atoms with Crippen LogP contribution in [-0.2, 0) is 20.8 Å². The highest BCUT2D eigenvalue weighted by atomic mass is 16.5. The Morgan fingerprint density at radius 2 is 1.91 bits per heavy atom. The lowest BCUT2D eigenvalue weighted by molar-refractivity contribution is 0.00581. The number of aliphatic hydroxyl groups is 1. The van der Waals surface area contributed by atoms with Crippen LogP contribution in [0, 0.1) is 5.92 Å². The molecule has 2 heterocycles. The van der Waals surface area contributed by atoms with Crippen LogP contribution in [0.5, 0.6) is 0 Å². The molecule has 0 unspecified atom stereocenters. The highest BCUT2D eigenvalue weighted by molar-refractivity contribution is 5.68. The van der Waals surface area contributed by atoms with Crippen molar-refractivity contribution in [3.8, 4) is 11.3 Å². The second kappa shape index (κ2) is 13.7. The summed E-state index contributed by atoms with van der Waals surface area (Å²) in [5, 5.41) is 15.1. The van der Waals surface area contributed by atoms with E-state index in [1.54, 1.807) is 7.11 Å². The number of rotatable bonds is 14. The van der Waals surface area contributed by atoms with E-state index in [9.17, 15) is 5.11 Å². The van der Waals surface area contributed by atoms with E-state index in [1.165, 1.54) is 0 Å². The molecular weight excluding hydrogens is 422 g/mol. The van der Waals surface area contributed by atoms with Crippen LogP contribution in [0.25, 0.3) is 11.3 Å². The molecule has 0 spiro atoms. The number of hydrogen-bond acceptors (Lipinski definition) is 8. The molecule has 1 aliphatic rings. The maximum atomic E-state index is 10.7. The van der Waals surface area contributed by atoms with Crippen LogP contribution in [0.15, 0.2) is 34.9 Å². The average Bonchev–Trinajstić information content (AvgIpc) is 3.23. The number of nitrogens with zero attached hydrogens (tertiary/aromatic N) is 3. The fourth-order valence-corrected chi connectivity index (χ4v) is 3.96. The van der Waals surface area contributed by atoms with E-state index in [-0.39, 0.29) is 0 Å². The molecule has 3 rings (SSSR count). The van der Waals surface area contributed by atoms with Crippen molar-refractivity contribution in [1.29, 1.82) is 0 Å². The lowest BCUT2D eigenvalue weighted by Crippen LogP contribution is -2.38. The van der Waals surface area contributed by atoms with Crippen molar-refractivity contribution in [2.24, 2.45) is 5.92 Å². The van der Waals surface area contributed by atoms with Gasteiger partial charge in [-0.15, -0.1) is 0 Å². The molecule has 1 saturated heterocycles. The third-order valence-corrected chi connectivity index (χ3v) is 5.55. The number of ether oxygens (including phenoxy) is 3. The molecule has 0 radical (unpaired) electrons. The minimum absolute atomic E-state index is 0.324. The number of anilines is 1. The summed E-state index contributed by atoms with van der Waals surface area (Å²) >= 11 is 0. The van der Waals surface area contributed by atoms with Crippen LogP contribution < -0.4 is 4.90 Å². The van der Waals surface area contributed by atoms with Crippen molar-refractivity contribution in [2.75, 3.05) is 71.2 Å². The molecule has 1 N–H and O–H groups in total. The fraction of sp³-hybridized carbons (Fsp3) is 0.640. The van der Waals surface area contributed by atoms with Crippen LogP contribution in [0.1, 0.15) is 25.8 Å². The van der Waals surface area contributed by atoms with E-state index in [0.29, 0.717) is 52.0 Å². The van der Waals surface area contributed by atoms with E-state index in [0.717, 1.165) is 48.8 Å². The van der Waals surface area contributed by atoms with E-state index in [4.69, 9.17) is 18.7 Å². The summed E-state index contributed by atoms with van der Waals surface area (Å²) in [5.74, 6) is 1.23. The second-order valence-electron chi connectivity index (χ2n) is 8.95. The highest BCUT2D eigenvalue weighted by Crippen LogP contribution is 2.33. The van der Waals surface area contributed by atoms with Gasteiger partial charge in [-0.2, -0.15) is 0 Å². The normalized spacial score (nSPS) is 15.5. The molecule has 1 aromatic carbocycles. The molecule has 33 heavy (non-hydrogen) atoms. The van der Waals surface area contributed by atoms with E-state index < -0.39 is 6.10 Å². The summed E-state index contributed by atoms with van der Waals surface area (Å²) < 4.78 is 22.4. The van der Waals surface area contributed by atoms with Crippen LogP contribution in [0.4, 0.5) is 5.88 Å². The fourth-order valence-electron chi connectivity index (χ4n) is 3.96. The summed E-state index contributed by atoms with van der Waals surface area (Å²) in [6, 6.07) is 10.1. The van der Waals surface area contributed by atoms with Gasteiger partial charge in [-0.25, -0.2) is 0 Å². The van der Waals surface area contributed by atoms with E-state index in [1.807, 2.05) is 30.3 Å². The molecule has 1 aliphatic heterocycles. The zero-order chi connectivity index (χ0) is 23.5. The van der Waals surface area contributed by atoms with Crippen molar-refractivity contribution in [1.82, 2.24) is 10.1 Å². The van der Waals surface area contributed by atoms with Gasteiger partial charge in [-0.1, -0.05) is 49.3 Å². The predicted octanol–water partition coefficient (Wildman–Crippen LogP) is 3.05. The van der Waals surface area contributed by atoms with Crippen LogP contribution in [-0.4, -0.2) is 87.6 Å². The van der Waals surface area contributed by atoms with Crippen molar-refractivity contribution >= 4 is 5.88 Å². The van der Waals surface area contributed by atoms with Gasteiger partial charge in [0.15, 0.2) is 0 Å². The quantitative estimate of drug-likeness (QED) is 0.430. The maximum Gasteiger partial charge on any atom is 0.232 e. The van der Waals surface area contributed by atoms with Gasteiger partial charge in [-0.3, -0.25) is 4.90 Å². The van der Waals surface area contributed by atoms with Gasteiger partial charge in [0.2, 0.25) is 5.88 Å². The molecule has 2 aromatic rings. The molecule has 8 heteroatoms. The molecule has 1 fully saturated rings. The summed E-state index contributed by atoms with van der Waals surface area (Å²) in [4.78, 5) is 4.44. The van der Waals surface area contributed by atoms with E-state index in [2.05, 4.69) is 28.8 Å². The zero-order valence-electron chi connectivity index (χ0n) is 20.2. The first kappa shape index (κ1) is 25.6. The molecule has 184 valence electrons. The minimum atomic E-state index is -0.571. The SMILES string of the molecule is COCCCN(Cc1c(-c2ccccc2)noc1N1CCOCC1)C[C@@H](O)COCC(C)C. The third kappa shape index (κ3) is 8.08. The first-order chi connectivity index (χ1) is 16.1. The Morgan fingerprint density at radius 3 is 2.61 bits per heavy atom. The monoisotopic (exact) mass is 461 g/mol. The molecule has 0 amide bonds. The Balaban J connectivity index is 1.80. The molecule has 1 aromatic heterocycles. The Bertz CT molecular complexity index is 793. The molecule has 0 bridgehead atoms. The lowest BCUT2D eigenvalue weighted by atomic mass is 10.1. The average molecular weight is 462 g/mol. The maximum absolute atomic E-state index is 10.7. The van der Waals surface area contributed by atoms with Crippen molar-refractivity contribution in [3.63, 3.8) is 0 Å². The van der Waals surface area contributed by atoms with E-state index >= 15 is 0 Å². The summed E-state index contributed by atoms with van der Waals surface area (Å²) in [7, 11) is 1.71. The molecule has 0 saturated carbocycles. The van der Waals surface area contributed by atoms with Crippen molar-refractivity contribution in [3.05, 3.63) is 35.9 Å². The first-order valence-corrected chi connectivity index (χ1v) is 11.9. The number of hydrogen-bond donors (Lipinski definition) is 1. The van der Waals surface area contributed by atoms with Crippen molar-refractivity contribution < 1.29 is 23.8 Å². The zero-order valence-corrected chi connectivity index (χ0v) is 20.2. The van der Waals surface area contributed by atoms with Gasteiger partial charge in [0.05, 0.1) is 31.5 Å². The van der Waals surface area contributed by atoms with Gasteiger partial charge in [0.25, 0.3) is 0 Å². The first-order valence-electron chi connectivity index (χ1n) is 11.9. The van der Waals surface area contributed by atoms with Crippen LogP contribution in [0.2, 0.25) is 0 Å². The van der Waals surface area contributed by atoms with Crippen LogP contribution >= 0.6 is 0 Å². The third-order valence-electron chi connectivity index (χ3n) is 5.55. The number of benzene rings is 1.